The summed E-state index contributed by atoms with van der Waals surface area (Å²) in [5.74, 6) is -0.715. The standard InChI is InChI=1S/C26H20N4O2Si/c1-33(2)22-13-7-5-11-20(22)29(21-12-6-8-14-23(21)33)17-15-27-26(28-16-17)30-24(31)18-9-3-4-10-19(18)25(30)32/h3-16H,1-2H3. The van der Waals surface area contributed by atoms with Gasteiger partial charge in [-0.1, -0.05) is 61.6 Å². The number of anilines is 4. The smallest absolute Gasteiger partial charge is 0.268 e. The van der Waals surface area contributed by atoms with Crippen LogP contribution in [0.15, 0.2) is 85.2 Å². The van der Waals surface area contributed by atoms with Crippen molar-refractivity contribution < 1.29 is 9.59 Å². The first-order chi connectivity index (χ1) is 16.0. The number of hydrogen-bond donors (Lipinski definition) is 0. The number of rotatable bonds is 2. The van der Waals surface area contributed by atoms with Crippen molar-refractivity contribution in [3.05, 3.63) is 96.3 Å². The van der Waals surface area contributed by atoms with E-state index in [1.165, 1.54) is 10.4 Å². The predicted molar refractivity (Wildman–Crippen MR) is 131 cm³/mol. The highest BCUT2D eigenvalue weighted by Gasteiger charge is 2.40. The quantitative estimate of drug-likeness (QED) is 0.344. The molecule has 6 rings (SSSR count). The molecule has 2 aliphatic heterocycles. The number of fused-ring (bicyclic) bond motifs is 3. The summed E-state index contributed by atoms with van der Waals surface area (Å²) in [5, 5.41) is 2.68. The van der Waals surface area contributed by atoms with Gasteiger partial charge in [-0.25, -0.2) is 14.9 Å². The van der Waals surface area contributed by atoms with E-state index in [4.69, 9.17) is 0 Å². The van der Waals surface area contributed by atoms with Crippen molar-refractivity contribution in [3.8, 4) is 0 Å². The SMILES string of the molecule is C[Si]1(C)c2ccccc2N(c2cnc(N3C(=O)c4ccccc4C3=O)nc2)c2ccccc21. The molecule has 0 N–H and O–H groups in total. The van der Waals surface area contributed by atoms with E-state index in [0.717, 1.165) is 22.0 Å². The maximum absolute atomic E-state index is 12.8. The van der Waals surface area contributed by atoms with Crippen LogP contribution in [-0.2, 0) is 0 Å². The molecule has 1 aromatic heterocycles. The molecular weight excluding hydrogens is 428 g/mol. The Morgan fingerprint density at radius 3 is 1.61 bits per heavy atom. The third kappa shape index (κ3) is 2.72. The lowest BCUT2D eigenvalue weighted by atomic mass is 10.1. The van der Waals surface area contributed by atoms with Crippen LogP contribution in [0, 0.1) is 0 Å². The monoisotopic (exact) mass is 448 g/mol. The highest BCUT2D eigenvalue weighted by Crippen LogP contribution is 2.37. The van der Waals surface area contributed by atoms with Crippen LogP contribution in [0.4, 0.5) is 23.0 Å². The number of benzene rings is 3. The van der Waals surface area contributed by atoms with E-state index < -0.39 is 19.9 Å². The molecule has 4 aromatic rings. The minimum absolute atomic E-state index is 0.0817. The van der Waals surface area contributed by atoms with E-state index in [-0.39, 0.29) is 5.95 Å². The van der Waals surface area contributed by atoms with Crippen LogP contribution in [0.2, 0.25) is 13.1 Å². The van der Waals surface area contributed by atoms with Crippen LogP contribution in [0.5, 0.6) is 0 Å². The number of imide groups is 1. The Bertz CT molecular complexity index is 1360. The van der Waals surface area contributed by atoms with Crippen molar-refractivity contribution in [2.45, 2.75) is 13.1 Å². The summed E-state index contributed by atoms with van der Waals surface area (Å²) < 4.78 is 0. The summed E-state index contributed by atoms with van der Waals surface area (Å²) in [7, 11) is -1.87. The minimum atomic E-state index is -1.87. The van der Waals surface area contributed by atoms with Gasteiger partial charge in [-0.05, 0) is 34.6 Å². The first-order valence-electron chi connectivity index (χ1n) is 10.8. The van der Waals surface area contributed by atoms with Crippen LogP contribution >= 0.6 is 0 Å². The molecule has 0 radical (unpaired) electrons. The van der Waals surface area contributed by atoms with E-state index >= 15 is 0 Å². The molecule has 2 amide bonds. The summed E-state index contributed by atoms with van der Waals surface area (Å²) in [5.41, 5.74) is 3.76. The number of carbonyl (C=O) groups excluding carboxylic acids is 2. The molecule has 0 bridgehead atoms. The summed E-state index contributed by atoms with van der Waals surface area (Å²) >= 11 is 0. The van der Waals surface area contributed by atoms with Crippen LogP contribution < -0.4 is 20.2 Å². The van der Waals surface area contributed by atoms with E-state index in [1.54, 1.807) is 36.7 Å². The van der Waals surface area contributed by atoms with Gasteiger partial charge in [-0.15, -0.1) is 0 Å². The molecule has 0 fully saturated rings. The van der Waals surface area contributed by atoms with Gasteiger partial charge in [-0.3, -0.25) is 9.59 Å². The maximum Gasteiger partial charge on any atom is 0.268 e. The molecule has 0 aliphatic carbocycles. The van der Waals surface area contributed by atoms with Crippen molar-refractivity contribution in [1.82, 2.24) is 9.97 Å². The Balaban J connectivity index is 1.44. The van der Waals surface area contributed by atoms with Gasteiger partial charge in [0.2, 0.25) is 5.95 Å². The zero-order valence-corrected chi connectivity index (χ0v) is 19.2. The van der Waals surface area contributed by atoms with Crippen LogP contribution in [-0.4, -0.2) is 29.9 Å². The topological polar surface area (TPSA) is 66.4 Å². The van der Waals surface area contributed by atoms with Gasteiger partial charge in [0.15, 0.2) is 0 Å². The zero-order valence-electron chi connectivity index (χ0n) is 18.2. The van der Waals surface area contributed by atoms with Crippen LogP contribution in [0.3, 0.4) is 0 Å². The van der Waals surface area contributed by atoms with Crippen LogP contribution in [0.1, 0.15) is 20.7 Å². The largest absolute Gasteiger partial charge is 0.308 e. The fraction of sp³-hybridized carbons (Fsp3) is 0.0769. The Morgan fingerprint density at radius 1 is 0.636 bits per heavy atom. The van der Waals surface area contributed by atoms with E-state index in [9.17, 15) is 9.59 Å². The van der Waals surface area contributed by atoms with E-state index in [2.05, 4.69) is 64.4 Å². The lowest BCUT2D eigenvalue weighted by Gasteiger charge is -2.40. The minimum Gasteiger partial charge on any atom is -0.308 e. The van der Waals surface area contributed by atoms with Gasteiger partial charge < -0.3 is 4.90 Å². The Labute approximate surface area is 192 Å². The van der Waals surface area contributed by atoms with Crippen molar-refractivity contribution in [1.29, 1.82) is 0 Å². The average molecular weight is 449 g/mol. The Kier molecular flexibility index (Phi) is 4.12. The van der Waals surface area contributed by atoms with E-state index in [0.29, 0.717) is 11.1 Å². The molecule has 6 nitrogen and oxygen atoms in total. The average Bonchev–Trinajstić information content (AvgIpc) is 3.10. The molecule has 0 saturated heterocycles. The number of aromatic nitrogens is 2. The number of carbonyl (C=O) groups is 2. The molecule has 0 atom stereocenters. The highest BCUT2D eigenvalue weighted by molar-refractivity contribution is 7.02. The number of hydrogen-bond acceptors (Lipinski definition) is 5. The number of nitrogens with zero attached hydrogens (tertiary/aromatic N) is 4. The van der Waals surface area contributed by atoms with Gasteiger partial charge in [0.05, 0.1) is 29.2 Å². The first-order valence-corrected chi connectivity index (χ1v) is 13.8. The zero-order chi connectivity index (χ0) is 22.7. The van der Waals surface area contributed by atoms with Crippen LogP contribution in [0.25, 0.3) is 0 Å². The normalized spacial score (nSPS) is 15.8. The van der Waals surface area contributed by atoms with E-state index in [1.807, 2.05) is 12.1 Å². The second kappa shape index (κ2) is 6.95. The van der Waals surface area contributed by atoms with Gasteiger partial charge >= 0.3 is 0 Å². The lowest BCUT2D eigenvalue weighted by molar-refractivity contribution is 0.0924. The maximum atomic E-state index is 12.8. The van der Waals surface area contributed by atoms with Crippen molar-refractivity contribution >= 4 is 53.3 Å². The van der Waals surface area contributed by atoms with Crippen molar-refractivity contribution in [2.24, 2.45) is 0 Å². The molecule has 7 heteroatoms. The molecule has 0 unspecified atom stereocenters. The molecule has 0 saturated carbocycles. The Morgan fingerprint density at radius 2 is 1.09 bits per heavy atom. The molecule has 33 heavy (non-hydrogen) atoms. The van der Waals surface area contributed by atoms with Crippen molar-refractivity contribution in [3.63, 3.8) is 0 Å². The van der Waals surface area contributed by atoms with Gasteiger partial charge in [0.1, 0.15) is 8.07 Å². The third-order valence-electron chi connectivity index (χ3n) is 6.51. The molecular formula is C26H20N4O2Si. The molecule has 160 valence electrons. The molecule has 0 spiro atoms. The number of para-hydroxylation sites is 2. The van der Waals surface area contributed by atoms with Gasteiger partial charge in [-0.2, -0.15) is 0 Å². The lowest BCUT2D eigenvalue weighted by Crippen LogP contribution is -2.58. The molecule has 3 heterocycles. The van der Waals surface area contributed by atoms with Crippen molar-refractivity contribution in [2.75, 3.05) is 9.80 Å². The Hall–Kier alpha value is -4.10. The van der Waals surface area contributed by atoms with Gasteiger partial charge in [0, 0.05) is 11.4 Å². The first kappa shape index (κ1) is 19.6. The summed E-state index contributed by atoms with van der Waals surface area (Å²) in [4.78, 5) is 37.7. The molecule has 3 aromatic carbocycles. The summed E-state index contributed by atoms with van der Waals surface area (Å²) in [6, 6.07) is 23.7. The van der Waals surface area contributed by atoms with Gasteiger partial charge in [0.25, 0.3) is 11.8 Å². The predicted octanol–water partition coefficient (Wildman–Crippen LogP) is 3.88. The highest BCUT2D eigenvalue weighted by atomic mass is 28.3. The molecule has 2 aliphatic rings. The second-order valence-electron chi connectivity index (χ2n) is 8.73. The number of amides is 2. The second-order valence-corrected chi connectivity index (χ2v) is 13.1. The fourth-order valence-corrected chi connectivity index (χ4v) is 7.85. The summed E-state index contributed by atoms with van der Waals surface area (Å²) in [6.07, 6.45) is 3.36. The summed E-state index contributed by atoms with van der Waals surface area (Å²) in [6.45, 7) is 4.73. The third-order valence-corrected chi connectivity index (χ3v) is 10.1. The fourth-order valence-electron chi connectivity index (χ4n) is 4.86.